The molecule has 0 aromatic heterocycles. The molecule has 3 saturated carbocycles. The maximum atomic E-state index is 14.2. The summed E-state index contributed by atoms with van der Waals surface area (Å²) in [4.78, 5) is 35.8. The maximum absolute atomic E-state index is 14.2. The van der Waals surface area contributed by atoms with Crippen LogP contribution in [0.1, 0.15) is 62.0 Å². The van der Waals surface area contributed by atoms with Crippen LogP contribution in [0.5, 0.6) is 5.75 Å². The van der Waals surface area contributed by atoms with Crippen LogP contribution in [-0.4, -0.2) is 85.7 Å². The first kappa shape index (κ1) is 38.7. The van der Waals surface area contributed by atoms with Crippen molar-refractivity contribution >= 4 is 17.5 Å². The number of benzene rings is 3. The van der Waals surface area contributed by atoms with Gasteiger partial charge in [0, 0.05) is 55.0 Å². The number of fused-ring (bicyclic) bond motifs is 2. The van der Waals surface area contributed by atoms with E-state index in [4.69, 9.17) is 9.57 Å². The van der Waals surface area contributed by atoms with Gasteiger partial charge in [-0.25, -0.2) is 4.39 Å². The number of methoxy groups -OCH3 is 1. The van der Waals surface area contributed by atoms with Crippen LogP contribution >= 0.6 is 0 Å². The van der Waals surface area contributed by atoms with Crippen LogP contribution in [-0.2, 0) is 22.6 Å². The number of hydroxylamine groups is 2. The Hall–Kier alpha value is -4.03. The topological polar surface area (TPSA) is 124 Å². The van der Waals surface area contributed by atoms with E-state index in [0.717, 1.165) is 34.4 Å². The summed E-state index contributed by atoms with van der Waals surface area (Å²) in [6.45, 7) is 8.70. The van der Waals surface area contributed by atoms with Crippen molar-refractivity contribution in [1.82, 2.24) is 15.7 Å². The summed E-state index contributed by atoms with van der Waals surface area (Å²) in [7, 11) is 5.41. The number of ether oxygens (including phenoxy) is 1. The first-order valence-corrected chi connectivity index (χ1v) is 18.8. The minimum absolute atomic E-state index is 0.0279. The van der Waals surface area contributed by atoms with Crippen LogP contribution in [0.3, 0.4) is 0 Å². The molecule has 1 heterocycles. The van der Waals surface area contributed by atoms with E-state index in [1.54, 1.807) is 31.2 Å². The number of halogens is 1. The van der Waals surface area contributed by atoms with E-state index >= 15 is 0 Å². The van der Waals surface area contributed by atoms with Crippen LogP contribution in [0.4, 0.5) is 10.1 Å². The molecule has 3 aliphatic carbocycles. The highest BCUT2D eigenvalue weighted by Gasteiger charge is 2.57. The van der Waals surface area contributed by atoms with Gasteiger partial charge in [-0.3, -0.25) is 14.4 Å². The number of amides is 2. The molecule has 8 atom stereocenters. The van der Waals surface area contributed by atoms with Crippen LogP contribution in [0.15, 0.2) is 60.7 Å². The second-order valence-corrected chi connectivity index (χ2v) is 16.0. The first-order chi connectivity index (χ1) is 25.2. The molecule has 3 aromatic carbocycles. The molecule has 53 heavy (non-hydrogen) atoms. The van der Waals surface area contributed by atoms with E-state index in [0.29, 0.717) is 42.0 Å². The molecule has 7 rings (SSSR count). The fourth-order valence-electron chi connectivity index (χ4n) is 9.06. The van der Waals surface area contributed by atoms with Gasteiger partial charge in [-0.05, 0) is 90.8 Å². The largest absolute Gasteiger partial charge is 0.496 e. The lowest BCUT2D eigenvalue weighted by Gasteiger charge is -2.62. The molecule has 2 amide bonds. The number of hydrogen-bond acceptors (Lipinski definition) is 8. The fourth-order valence-corrected chi connectivity index (χ4v) is 9.06. The van der Waals surface area contributed by atoms with Gasteiger partial charge in [-0.1, -0.05) is 51.1 Å². The molecule has 4 fully saturated rings. The fraction of sp³-hybridized carbons (Fsp3) is 0.524. The highest BCUT2D eigenvalue weighted by molar-refractivity contribution is 5.97. The molecule has 10 nitrogen and oxygen atoms in total. The molecule has 11 heteroatoms. The quantitative estimate of drug-likeness (QED) is 0.189. The minimum Gasteiger partial charge on any atom is -0.496 e. The van der Waals surface area contributed by atoms with Gasteiger partial charge < -0.3 is 30.5 Å². The van der Waals surface area contributed by atoms with Gasteiger partial charge >= 0.3 is 0 Å². The number of carbonyl (C=O) groups excluding carboxylic acids is 2. The Morgan fingerprint density at radius 2 is 1.85 bits per heavy atom. The Morgan fingerprint density at radius 3 is 2.47 bits per heavy atom. The van der Waals surface area contributed by atoms with E-state index in [1.807, 2.05) is 55.4 Å². The monoisotopic (exact) mass is 730 g/mol. The van der Waals surface area contributed by atoms with Crippen molar-refractivity contribution in [3.8, 4) is 16.9 Å². The van der Waals surface area contributed by atoms with Gasteiger partial charge in [0.2, 0.25) is 5.91 Å². The molecule has 4 N–H and O–H groups in total. The number of hydrogen-bond donors (Lipinski definition) is 4. The van der Waals surface area contributed by atoms with E-state index in [-0.39, 0.29) is 42.2 Å². The summed E-state index contributed by atoms with van der Waals surface area (Å²) < 4.78 is 19.4. The third-order valence-corrected chi connectivity index (χ3v) is 12.3. The summed E-state index contributed by atoms with van der Waals surface area (Å²) in [5.74, 6) is 0.583. The highest BCUT2D eigenvalue weighted by atomic mass is 19.1. The molecule has 1 saturated heterocycles. The molecule has 1 aliphatic heterocycles. The lowest BCUT2D eigenvalue weighted by molar-refractivity contribution is -0.183. The predicted octanol–water partition coefficient (Wildman–Crippen LogP) is 5.20. The molecule has 286 valence electrons. The van der Waals surface area contributed by atoms with Crippen LogP contribution in [0.2, 0.25) is 0 Å². The Labute approximate surface area is 312 Å². The summed E-state index contributed by atoms with van der Waals surface area (Å²) in [5, 5.41) is 29.1. The molecule has 0 spiro atoms. The number of carbonyl (C=O) groups is 2. The van der Waals surface area contributed by atoms with Crippen molar-refractivity contribution in [3.05, 3.63) is 83.2 Å². The number of nitrogens with one attached hydrogen (secondary N) is 2. The van der Waals surface area contributed by atoms with Crippen LogP contribution in [0.25, 0.3) is 11.1 Å². The normalized spacial score (nSPS) is 26.7. The van der Waals surface area contributed by atoms with Crippen LogP contribution in [0, 0.1) is 34.9 Å². The Balaban J connectivity index is 1.25. The van der Waals surface area contributed by atoms with Crippen LogP contribution < -0.4 is 20.3 Å². The van der Waals surface area contributed by atoms with Gasteiger partial charge in [0.1, 0.15) is 23.7 Å². The number of aliphatic hydroxyl groups is 2. The van der Waals surface area contributed by atoms with E-state index in [2.05, 4.69) is 31.4 Å². The molecule has 0 radical (unpaired) electrons. The first-order valence-electron chi connectivity index (χ1n) is 18.8. The SMILES string of the molecule is COc1c(CN2O[C@@H](CO)[C@@H]([C@H](C)O)[C@H]2C(=O)N[C@H]2C[C@H]3C[C@@H]([C@@H]2C)C3(C)C)cccc1-c1cc(C(=O)NCCc2ccc(F)cc2)cc(N(C)C)c1. The predicted molar refractivity (Wildman–Crippen MR) is 203 cm³/mol. The molecular weight excluding hydrogens is 675 g/mol. The lowest BCUT2D eigenvalue weighted by Crippen LogP contribution is -2.62. The zero-order valence-electron chi connectivity index (χ0n) is 31.9. The van der Waals surface area contributed by atoms with E-state index in [9.17, 15) is 24.2 Å². The average molecular weight is 731 g/mol. The standard InChI is InChI=1S/C42H55FN4O6/c1-24-34-20-30(42(34,3)4)21-35(24)45-41(51)38-37(25(2)49)36(23-48)53-47(38)22-27-9-8-10-33(39(27)52-7)28-17-29(19-32(18-28)46(5)6)40(50)44-16-15-26-11-13-31(43)14-12-26/h8-14,17-19,24-25,30,34-38,48-49H,15-16,20-23H2,1-7H3,(H,44,50)(H,45,51)/t24-,25-,30+,34-,35-,36-,37+,38-/m0/s1. The summed E-state index contributed by atoms with van der Waals surface area (Å²) in [6, 6.07) is 16.8. The molecule has 0 unspecified atom stereocenters. The number of para-hydroxylation sites is 1. The number of anilines is 1. The third-order valence-electron chi connectivity index (χ3n) is 12.3. The van der Waals surface area contributed by atoms with Gasteiger partial charge in [-0.15, -0.1) is 0 Å². The molecule has 4 aliphatic rings. The Bertz CT molecular complexity index is 1780. The van der Waals surface area contributed by atoms with Crippen molar-refractivity contribution in [2.24, 2.45) is 29.1 Å². The zero-order chi connectivity index (χ0) is 38.2. The van der Waals surface area contributed by atoms with Crippen molar-refractivity contribution in [1.29, 1.82) is 0 Å². The second-order valence-electron chi connectivity index (χ2n) is 16.0. The van der Waals surface area contributed by atoms with Crippen molar-refractivity contribution in [2.75, 3.05) is 39.3 Å². The van der Waals surface area contributed by atoms with Crippen molar-refractivity contribution in [2.45, 2.75) is 77.8 Å². The van der Waals surface area contributed by atoms with E-state index in [1.165, 1.54) is 18.6 Å². The highest BCUT2D eigenvalue weighted by Crippen LogP contribution is 2.61. The third kappa shape index (κ3) is 7.80. The van der Waals surface area contributed by atoms with Gasteiger partial charge in [0.05, 0.1) is 26.4 Å². The summed E-state index contributed by atoms with van der Waals surface area (Å²) >= 11 is 0. The smallest absolute Gasteiger partial charge is 0.251 e. The second kappa shape index (κ2) is 15.8. The molecule has 3 aromatic rings. The average Bonchev–Trinajstić information content (AvgIpc) is 3.51. The minimum atomic E-state index is -0.911. The van der Waals surface area contributed by atoms with Crippen molar-refractivity contribution in [3.63, 3.8) is 0 Å². The maximum Gasteiger partial charge on any atom is 0.251 e. The Kier molecular flexibility index (Phi) is 11.5. The summed E-state index contributed by atoms with van der Waals surface area (Å²) in [5.41, 5.74) is 4.74. The molecule has 2 bridgehead atoms. The van der Waals surface area contributed by atoms with Gasteiger partial charge in [0.25, 0.3) is 5.91 Å². The van der Waals surface area contributed by atoms with Gasteiger partial charge in [-0.2, -0.15) is 5.06 Å². The zero-order valence-corrected chi connectivity index (χ0v) is 31.9. The lowest BCUT2D eigenvalue weighted by atomic mass is 9.45. The number of rotatable bonds is 13. The Morgan fingerprint density at radius 1 is 1.11 bits per heavy atom. The summed E-state index contributed by atoms with van der Waals surface area (Å²) in [6.07, 6.45) is 0.997. The molecular formula is C42H55FN4O6. The van der Waals surface area contributed by atoms with E-state index < -0.39 is 24.2 Å². The van der Waals surface area contributed by atoms with Crippen molar-refractivity contribution < 1.29 is 33.8 Å². The van der Waals surface area contributed by atoms with Gasteiger partial charge in [0.15, 0.2) is 0 Å². The number of nitrogens with zero attached hydrogens (tertiary/aromatic N) is 2. The number of aliphatic hydroxyl groups excluding tert-OH is 2.